The van der Waals surface area contributed by atoms with Crippen LogP contribution in [0.2, 0.25) is 0 Å². The quantitative estimate of drug-likeness (QED) is 0.492. The molecule has 3 rings (SSSR count). The van der Waals surface area contributed by atoms with Gasteiger partial charge in [-0.2, -0.15) is 0 Å². The molecule has 3 heteroatoms. The minimum atomic E-state index is -0.105. The summed E-state index contributed by atoms with van der Waals surface area (Å²) in [5.41, 5.74) is -0.105. The molecular formula is C11H20NO2+. The van der Waals surface area contributed by atoms with Crippen molar-refractivity contribution in [1.82, 2.24) is 0 Å². The summed E-state index contributed by atoms with van der Waals surface area (Å²) >= 11 is 0. The maximum absolute atomic E-state index is 11.9. The molecule has 0 spiro atoms. The number of ether oxygens (including phenoxy) is 1. The van der Waals surface area contributed by atoms with Gasteiger partial charge in [0.05, 0.1) is 38.7 Å². The van der Waals surface area contributed by atoms with Crippen molar-refractivity contribution in [3.05, 3.63) is 0 Å². The molecule has 0 radical (unpaired) electrons. The van der Waals surface area contributed by atoms with Gasteiger partial charge in [-0.25, -0.2) is 0 Å². The fraction of sp³-hybridized carbons (Fsp3) is 0.909. The van der Waals surface area contributed by atoms with Gasteiger partial charge in [-0.15, -0.1) is 0 Å². The van der Waals surface area contributed by atoms with E-state index < -0.39 is 0 Å². The summed E-state index contributed by atoms with van der Waals surface area (Å²) in [6.07, 6.45) is 3.09. The number of fused-ring (bicyclic) bond motifs is 3. The highest BCUT2D eigenvalue weighted by Crippen LogP contribution is 2.43. The Hall–Kier alpha value is -0.570. The molecular weight excluding hydrogens is 178 g/mol. The molecule has 3 saturated heterocycles. The van der Waals surface area contributed by atoms with Crippen LogP contribution in [0, 0.1) is 5.41 Å². The molecule has 80 valence electrons. The fourth-order valence-corrected chi connectivity index (χ4v) is 2.75. The maximum Gasteiger partial charge on any atom is 0.312 e. The highest BCUT2D eigenvalue weighted by Gasteiger charge is 2.52. The summed E-state index contributed by atoms with van der Waals surface area (Å²) in [7, 11) is 2.30. The zero-order chi connectivity index (χ0) is 10.2. The number of carbonyl (C=O) groups excluding carboxylic acids is 1. The van der Waals surface area contributed by atoms with Crippen molar-refractivity contribution in [2.45, 2.75) is 26.2 Å². The summed E-state index contributed by atoms with van der Waals surface area (Å²) in [5, 5.41) is 0. The normalized spacial score (nSPS) is 41.0. The number of hydrogen-bond donors (Lipinski definition) is 0. The van der Waals surface area contributed by atoms with Crippen LogP contribution in [0.1, 0.15) is 26.2 Å². The molecule has 14 heavy (non-hydrogen) atoms. The first-order chi connectivity index (χ1) is 6.60. The third kappa shape index (κ3) is 1.44. The van der Waals surface area contributed by atoms with Crippen molar-refractivity contribution in [2.75, 3.05) is 33.3 Å². The lowest BCUT2D eigenvalue weighted by atomic mass is 9.71. The molecule has 3 aliphatic heterocycles. The number of quaternary nitrogens is 1. The molecule has 0 atom stereocenters. The second-order valence-corrected chi connectivity index (χ2v) is 5.04. The average molecular weight is 198 g/mol. The van der Waals surface area contributed by atoms with E-state index in [1.165, 1.54) is 4.48 Å². The number of piperidine rings is 3. The molecule has 0 aromatic heterocycles. The zero-order valence-corrected chi connectivity index (χ0v) is 9.21. The number of esters is 1. The third-order valence-electron chi connectivity index (χ3n) is 4.10. The topological polar surface area (TPSA) is 26.3 Å². The van der Waals surface area contributed by atoms with E-state index >= 15 is 0 Å². The molecule has 0 unspecified atom stereocenters. The predicted octanol–water partition coefficient (Wildman–Crippen LogP) is 1.18. The molecule has 3 fully saturated rings. The summed E-state index contributed by atoms with van der Waals surface area (Å²) in [5.74, 6) is 0.0611. The van der Waals surface area contributed by atoms with Crippen molar-refractivity contribution >= 4 is 5.97 Å². The Morgan fingerprint density at radius 3 is 2.21 bits per heavy atom. The lowest BCUT2D eigenvalue weighted by Gasteiger charge is -2.51. The van der Waals surface area contributed by atoms with Gasteiger partial charge in [-0.05, 0) is 6.92 Å². The molecule has 3 aliphatic rings. The molecule has 0 N–H and O–H groups in total. The first kappa shape index (κ1) is 9.97. The summed E-state index contributed by atoms with van der Waals surface area (Å²) in [6, 6.07) is 0. The van der Waals surface area contributed by atoms with Crippen molar-refractivity contribution in [3.63, 3.8) is 0 Å². The van der Waals surface area contributed by atoms with Crippen LogP contribution in [0.25, 0.3) is 0 Å². The van der Waals surface area contributed by atoms with Gasteiger partial charge in [0, 0.05) is 19.3 Å². The van der Waals surface area contributed by atoms with Crippen LogP contribution in [-0.2, 0) is 9.53 Å². The minimum Gasteiger partial charge on any atom is -0.466 e. The lowest BCUT2D eigenvalue weighted by Crippen LogP contribution is -2.61. The monoisotopic (exact) mass is 198 g/mol. The second kappa shape index (κ2) is 3.23. The van der Waals surface area contributed by atoms with Gasteiger partial charge in [0.2, 0.25) is 0 Å². The van der Waals surface area contributed by atoms with Crippen LogP contribution in [-0.4, -0.2) is 43.7 Å². The maximum atomic E-state index is 11.9. The van der Waals surface area contributed by atoms with Gasteiger partial charge in [0.1, 0.15) is 0 Å². The average Bonchev–Trinajstić information content (AvgIpc) is 2.20. The van der Waals surface area contributed by atoms with Crippen LogP contribution in [0.5, 0.6) is 0 Å². The van der Waals surface area contributed by atoms with Crippen molar-refractivity contribution < 1.29 is 14.0 Å². The van der Waals surface area contributed by atoms with Gasteiger partial charge in [-0.1, -0.05) is 0 Å². The standard InChI is InChI=1S/C11H20NO2/c1-3-14-10(13)11-4-7-12(2,8-5-11)9-6-11/h3-9H2,1-2H3/q+1. The van der Waals surface area contributed by atoms with E-state index in [0.29, 0.717) is 6.61 Å². The van der Waals surface area contributed by atoms with Crippen LogP contribution in [0.15, 0.2) is 0 Å². The van der Waals surface area contributed by atoms with Gasteiger partial charge in [0.15, 0.2) is 0 Å². The van der Waals surface area contributed by atoms with Crippen molar-refractivity contribution in [2.24, 2.45) is 5.41 Å². The third-order valence-corrected chi connectivity index (χ3v) is 4.10. The Bertz CT molecular complexity index is 225. The number of hydrogen-bond acceptors (Lipinski definition) is 2. The number of carbonyl (C=O) groups is 1. The van der Waals surface area contributed by atoms with Gasteiger partial charge in [-0.3, -0.25) is 4.79 Å². The lowest BCUT2D eigenvalue weighted by molar-refractivity contribution is -0.926. The Morgan fingerprint density at radius 2 is 1.79 bits per heavy atom. The van der Waals surface area contributed by atoms with Gasteiger partial charge in [0.25, 0.3) is 0 Å². The van der Waals surface area contributed by atoms with Crippen LogP contribution in [0.3, 0.4) is 0 Å². The Morgan fingerprint density at radius 1 is 1.29 bits per heavy atom. The van der Waals surface area contributed by atoms with E-state index in [1.807, 2.05) is 6.92 Å². The summed E-state index contributed by atoms with van der Waals surface area (Å²) in [6.45, 7) is 5.86. The van der Waals surface area contributed by atoms with E-state index in [9.17, 15) is 4.79 Å². The highest BCUT2D eigenvalue weighted by molar-refractivity contribution is 5.77. The molecule has 0 aromatic carbocycles. The molecule has 0 amide bonds. The van der Waals surface area contributed by atoms with E-state index in [4.69, 9.17) is 4.74 Å². The first-order valence-corrected chi connectivity index (χ1v) is 5.61. The summed E-state index contributed by atoms with van der Waals surface area (Å²) < 4.78 is 6.36. The SMILES string of the molecule is CCOC(=O)C12CC[N+](C)(CC1)CC2. The van der Waals surface area contributed by atoms with E-state index in [-0.39, 0.29) is 11.4 Å². The molecule has 0 aromatic rings. The molecule has 2 bridgehead atoms. The Balaban J connectivity index is 2.08. The fourth-order valence-electron chi connectivity index (χ4n) is 2.75. The number of nitrogens with zero attached hydrogens (tertiary/aromatic N) is 1. The Kier molecular flexibility index (Phi) is 2.30. The smallest absolute Gasteiger partial charge is 0.312 e. The van der Waals surface area contributed by atoms with E-state index in [2.05, 4.69) is 7.05 Å². The predicted molar refractivity (Wildman–Crippen MR) is 53.7 cm³/mol. The number of rotatable bonds is 2. The van der Waals surface area contributed by atoms with Crippen LogP contribution in [0.4, 0.5) is 0 Å². The van der Waals surface area contributed by atoms with Crippen LogP contribution < -0.4 is 0 Å². The van der Waals surface area contributed by atoms with Gasteiger partial charge < -0.3 is 9.22 Å². The van der Waals surface area contributed by atoms with Crippen molar-refractivity contribution in [1.29, 1.82) is 0 Å². The summed E-state index contributed by atoms with van der Waals surface area (Å²) in [4.78, 5) is 11.9. The van der Waals surface area contributed by atoms with Gasteiger partial charge >= 0.3 is 5.97 Å². The molecule has 0 saturated carbocycles. The molecule has 0 aliphatic carbocycles. The molecule has 3 heterocycles. The first-order valence-electron chi connectivity index (χ1n) is 5.61. The largest absolute Gasteiger partial charge is 0.466 e. The second-order valence-electron chi connectivity index (χ2n) is 5.04. The van der Waals surface area contributed by atoms with Crippen molar-refractivity contribution in [3.8, 4) is 0 Å². The van der Waals surface area contributed by atoms with E-state index in [0.717, 1.165) is 38.9 Å². The zero-order valence-electron chi connectivity index (χ0n) is 9.21. The molecule has 3 nitrogen and oxygen atoms in total. The Labute approximate surface area is 85.6 Å². The van der Waals surface area contributed by atoms with E-state index in [1.54, 1.807) is 0 Å². The highest BCUT2D eigenvalue weighted by atomic mass is 16.5. The minimum absolute atomic E-state index is 0.0611. The van der Waals surface area contributed by atoms with Crippen LogP contribution >= 0.6 is 0 Å².